The van der Waals surface area contributed by atoms with Crippen LogP contribution in [0.25, 0.3) is 11.3 Å². The standard InChI is InChI=1S/C16H17N3O2/c20-16(14-4-8-21-11-14)19-10-12-1-7-18-15(9-12)13-2-5-17-6-3-13/h1-3,5-7,9,14H,4,8,10-11H2,(H,19,20)/t14-/m0/s1. The smallest absolute Gasteiger partial charge is 0.225 e. The van der Waals surface area contributed by atoms with Crippen LogP contribution < -0.4 is 5.32 Å². The number of carbonyl (C=O) groups is 1. The fourth-order valence-corrected chi connectivity index (χ4v) is 2.34. The summed E-state index contributed by atoms with van der Waals surface area (Å²) < 4.78 is 5.23. The van der Waals surface area contributed by atoms with Crippen molar-refractivity contribution >= 4 is 5.91 Å². The van der Waals surface area contributed by atoms with Gasteiger partial charge < -0.3 is 10.1 Å². The maximum absolute atomic E-state index is 12.0. The minimum Gasteiger partial charge on any atom is -0.381 e. The van der Waals surface area contributed by atoms with E-state index in [1.54, 1.807) is 18.6 Å². The van der Waals surface area contributed by atoms with Gasteiger partial charge in [0.1, 0.15) is 0 Å². The van der Waals surface area contributed by atoms with Gasteiger partial charge in [-0.25, -0.2) is 0 Å². The minimum atomic E-state index is -0.00787. The predicted molar refractivity (Wildman–Crippen MR) is 78.2 cm³/mol. The lowest BCUT2D eigenvalue weighted by molar-refractivity contribution is -0.125. The van der Waals surface area contributed by atoms with Gasteiger partial charge in [-0.05, 0) is 36.2 Å². The van der Waals surface area contributed by atoms with Crippen LogP contribution in [0.2, 0.25) is 0 Å². The molecule has 21 heavy (non-hydrogen) atoms. The molecule has 2 aromatic rings. The van der Waals surface area contributed by atoms with E-state index in [1.165, 1.54) is 0 Å². The fourth-order valence-electron chi connectivity index (χ4n) is 2.34. The number of aromatic nitrogens is 2. The zero-order chi connectivity index (χ0) is 14.5. The Balaban J connectivity index is 1.65. The number of nitrogens with zero attached hydrogens (tertiary/aromatic N) is 2. The van der Waals surface area contributed by atoms with Crippen molar-refractivity contribution in [3.8, 4) is 11.3 Å². The molecule has 3 heterocycles. The number of hydrogen-bond acceptors (Lipinski definition) is 4. The van der Waals surface area contributed by atoms with E-state index in [2.05, 4.69) is 15.3 Å². The monoisotopic (exact) mass is 283 g/mol. The minimum absolute atomic E-state index is 0.00787. The van der Waals surface area contributed by atoms with E-state index in [1.807, 2.05) is 24.3 Å². The van der Waals surface area contributed by atoms with Crippen LogP contribution in [-0.2, 0) is 16.1 Å². The molecule has 1 atom stereocenters. The van der Waals surface area contributed by atoms with E-state index in [0.29, 0.717) is 19.8 Å². The Morgan fingerprint density at radius 2 is 2.14 bits per heavy atom. The Labute approximate surface area is 123 Å². The van der Waals surface area contributed by atoms with E-state index in [9.17, 15) is 4.79 Å². The van der Waals surface area contributed by atoms with Crippen molar-refractivity contribution in [2.75, 3.05) is 13.2 Å². The van der Waals surface area contributed by atoms with E-state index >= 15 is 0 Å². The first-order valence-corrected chi connectivity index (χ1v) is 7.04. The first kappa shape index (κ1) is 13.7. The van der Waals surface area contributed by atoms with E-state index in [-0.39, 0.29) is 11.8 Å². The van der Waals surface area contributed by atoms with Crippen molar-refractivity contribution in [3.63, 3.8) is 0 Å². The van der Waals surface area contributed by atoms with E-state index < -0.39 is 0 Å². The summed E-state index contributed by atoms with van der Waals surface area (Å²) in [5.41, 5.74) is 2.93. The van der Waals surface area contributed by atoms with Crippen LogP contribution >= 0.6 is 0 Å². The molecule has 1 aliphatic heterocycles. The molecule has 1 saturated heterocycles. The van der Waals surface area contributed by atoms with Crippen LogP contribution in [0.1, 0.15) is 12.0 Å². The van der Waals surface area contributed by atoms with E-state index in [0.717, 1.165) is 23.2 Å². The van der Waals surface area contributed by atoms with Crippen molar-refractivity contribution < 1.29 is 9.53 Å². The van der Waals surface area contributed by atoms with Gasteiger partial charge in [0.15, 0.2) is 0 Å². The molecule has 1 N–H and O–H groups in total. The number of hydrogen-bond donors (Lipinski definition) is 1. The molecule has 1 aliphatic rings. The molecule has 0 aromatic carbocycles. The average Bonchev–Trinajstić information content (AvgIpc) is 3.08. The fraction of sp³-hybridized carbons (Fsp3) is 0.312. The second-order valence-electron chi connectivity index (χ2n) is 5.06. The van der Waals surface area contributed by atoms with Gasteiger partial charge in [0, 0.05) is 37.3 Å². The molecular formula is C16H17N3O2. The largest absolute Gasteiger partial charge is 0.381 e. The third-order valence-electron chi connectivity index (χ3n) is 3.57. The molecule has 0 radical (unpaired) electrons. The molecule has 0 saturated carbocycles. The van der Waals surface area contributed by atoms with Gasteiger partial charge in [-0.15, -0.1) is 0 Å². The maximum Gasteiger partial charge on any atom is 0.225 e. The number of amides is 1. The maximum atomic E-state index is 12.0. The van der Waals surface area contributed by atoms with Crippen LogP contribution in [-0.4, -0.2) is 29.1 Å². The number of nitrogens with one attached hydrogen (secondary N) is 1. The van der Waals surface area contributed by atoms with Crippen LogP contribution in [0.5, 0.6) is 0 Å². The second-order valence-corrected chi connectivity index (χ2v) is 5.06. The zero-order valence-corrected chi connectivity index (χ0v) is 11.7. The Bertz CT molecular complexity index is 610. The molecule has 108 valence electrons. The normalized spacial score (nSPS) is 17.6. The van der Waals surface area contributed by atoms with E-state index in [4.69, 9.17) is 4.74 Å². The lowest BCUT2D eigenvalue weighted by atomic mass is 10.1. The van der Waals surface area contributed by atoms with Gasteiger partial charge >= 0.3 is 0 Å². The van der Waals surface area contributed by atoms with Crippen molar-refractivity contribution in [2.24, 2.45) is 5.92 Å². The summed E-state index contributed by atoms with van der Waals surface area (Å²) in [7, 11) is 0. The van der Waals surface area contributed by atoms with Crippen LogP contribution in [0.4, 0.5) is 0 Å². The summed E-state index contributed by atoms with van der Waals surface area (Å²) in [4.78, 5) is 20.3. The summed E-state index contributed by atoms with van der Waals surface area (Å²) >= 11 is 0. The molecule has 0 aliphatic carbocycles. The molecule has 3 rings (SSSR count). The second kappa shape index (κ2) is 6.45. The Kier molecular flexibility index (Phi) is 4.21. The van der Waals surface area contributed by atoms with Crippen molar-refractivity contribution in [1.82, 2.24) is 15.3 Å². The quantitative estimate of drug-likeness (QED) is 0.929. The lowest BCUT2D eigenvalue weighted by Crippen LogP contribution is -2.30. The van der Waals surface area contributed by atoms with Crippen molar-refractivity contribution in [3.05, 3.63) is 48.4 Å². The van der Waals surface area contributed by atoms with Gasteiger partial charge in [-0.3, -0.25) is 14.8 Å². The summed E-state index contributed by atoms with van der Waals surface area (Å²) in [5, 5.41) is 2.96. The Morgan fingerprint density at radius 1 is 1.29 bits per heavy atom. The molecule has 1 amide bonds. The highest BCUT2D eigenvalue weighted by atomic mass is 16.5. The topological polar surface area (TPSA) is 64.1 Å². The third-order valence-corrected chi connectivity index (χ3v) is 3.57. The first-order valence-electron chi connectivity index (χ1n) is 7.04. The summed E-state index contributed by atoms with van der Waals surface area (Å²) in [5.74, 6) is 0.0567. The van der Waals surface area contributed by atoms with Gasteiger partial charge in [-0.1, -0.05) is 0 Å². The molecule has 1 fully saturated rings. The SMILES string of the molecule is O=C(NCc1ccnc(-c2ccncc2)c1)[C@H]1CCOC1. The van der Waals surface area contributed by atoms with Gasteiger partial charge in [-0.2, -0.15) is 0 Å². The van der Waals surface area contributed by atoms with Crippen molar-refractivity contribution in [2.45, 2.75) is 13.0 Å². The zero-order valence-electron chi connectivity index (χ0n) is 11.7. The van der Waals surface area contributed by atoms with Gasteiger partial charge in [0.25, 0.3) is 0 Å². The molecule has 0 spiro atoms. The Hall–Kier alpha value is -2.27. The lowest BCUT2D eigenvalue weighted by Gasteiger charge is -2.10. The summed E-state index contributed by atoms with van der Waals surface area (Å²) in [6.07, 6.45) is 6.05. The predicted octanol–water partition coefficient (Wildman–Crippen LogP) is 1.80. The average molecular weight is 283 g/mol. The van der Waals surface area contributed by atoms with Crippen LogP contribution in [0.3, 0.4) is 0 Å². The molecule has 2 aromatic heterocycles. The molecule has 5 nitrogen and oxygen atoms in total. The molecule has 5 heteroatoms. The highest BCUT2D eigenvalue weighted by molar-refractivity contribution is 5.79. The molecule has 0 unspecified atom stereocenters. The number of ether oxygens (including phenoxy) is 1. The molecule has 0 bridgehead atoms. The third kappa shape index (κ3) is 3.44. The number of rotatable bonds is 4. The number of carbonyl (C=O) groups excluding carboxylic acids is 1. The number of pyridine rings is 2. The van der Waals surface area contributed by atoms with Gasteiger partial charge in [0.05, 0.1) is 18.2 Å². The Morgan fingerprint density at radius 3 is 2.90 bits per heavy atom. The van der Waals surface area contributed by atoms with Crippen molar-refractivity contribution in [1.29, 1.82) is 0 Å². The summed E-state index contributed by atoms with van der Waals surface area (Å²) in [6, 6.07) is 7.73. The molecular weight excluding hydrogens is 266 g/mol. The highest BCUT2D eigenvalue weighted by Crippen LogP contribution is 2.17. The van der Waals surface area contributed by atoms with Gasteiger partial charge in [0.2, 0.25) is 5.91 Å². The summed E-state index contributed by atoms with van der Waals surface area (Å²) in [6.45, 7) is 1.72. The first-order chi connectivity index (χ1) is 10.3. The van der Waals surface area contributed by atoms with Crippen LogP contribution in [0, 0.1) is 5.92 Å². The van der Waals surface area contributed by atoms with Crippen LogP contribution in [0.15, 0.2) is 42.9 Å². The highest BCUT2D eigenvalue weighted by Gasteiger charge is 2.22.